The van der Waals surface area contributed by atoms with Crippen LogP contribution in [0.2, 0.25) is 0 Å². The topological polar surface area (TPSA) is 44.4 Å². The van der Waals surface area contributed by atoms with Crippen LogP contribution in [0.3, 0.4) is 0 Å². The maximum Gasteiger partial charge on any atom is 0.234 e. The van der Waals surface area contributed by atoms with Gasteiger partial charge in [0.15, 0.2) is 0 Å². The summed E-state index contributed by atoms with van der Waals surface area (Å²) in [6.07, 6.45) is 7.54. The molecule has 98 valence electrons. The van der Waals surface area contributed by atoms with Gasteiger partial charge in [-0.15, -0.1) is 0 Å². The third-order valence-corrected chi connectivity index (χ3v) is 4.00. The summed E-state index contributed by atoms with van der Waals surface area (Å²) in [5.74, 6) is 0.200. The first-order chi connectivity index (χ1) is 8.25. The summed E-state index contributed by atoms with van der Waals surface area (Å²) in [5, 5.41) is 6.42. The van der Waals surface area contributed by atoms with Crippen molar-refractivity contribution < 1.29 is 4.79 Å². The van der Waals surface area contributed by atoms with Crippen molar-refractivity contribution in [2.75, 3.05) is 26.7 Å². The molecule has 0 spiro atoms. The molecule has 0 unspecified atom stereocenters. The maximum absolute atomic E-state index is 11.9. The highest BCUT2D eigenvalue weighted by molar-refractivity contribution is 5.78. The number of rotatable bonds is 4. The summed E-state index contributed by atoms with van der Waals surface area (Å²) in [6.45, 7) is 2.59. The van der Waals surface area contributed by atoms with Gasteiger partial charge in [0.05, 0.1) is 6.54 Å². The maximum atomic E-state index is 11.9. The highest BCUT2D eigenvalue weighted by atomic mass is 16.2. The molecule has 0 aromatic rings. The molecule has 4 nitrogen and oxygen atoms in total. The van der Waals surface area contributed by atoms with Crippen LogP contribution >= 0.6 is 0 Å². The number of hydrogen-bond donors (Lipinski definition) is 2. The van der Waals surface area contributed by atoms with Crippen molar-refractivity contribution in [1.29, 1.82) is 0 Å². The van der Waals surface area contributed by atoms with Crippen molar-refractivity contribution in [1.82, 2.24) is 15.5 Å². The molecule has 2 aliphatic rings. The minimum atomic E-state index is 0.200. The molecule has 0 radical (unpaired) electrons. The molecule has 1 saturated heterocycles. The summed E-state index contributed by atoms with van der Waals surface area (Å²) in [6, 6.07) is 0.979. The predicted octanol–water partition coefficient (Wildman–Crippen LogP) is 0.729. The Morgan fingerprint density at radius 2 is 1.88 bits per heavy atom. The van der Waals surface area contributed by atoms with Crippen LogP contribution in [0.1, 0.15) is 38.5 Å². The molecule has 4 heteroatoms. The Balaban J connectivity index is 1.68. The zero-order chi connectivity index (χ0) is 12.1. The zero-order valence-corrected chi connectivity index (χ0v) is 10.9. The van der Waals surface area contributed by atoms with Gasteiger partial charge in [-0.2, -0.15) is 0 Å². The summed E-state index contributed by atoms with van der Waals surface area (Å²) >= 11 is 0. The number of nitrogens with one attached hydrogen (secondary N) is 2. The quantitative estimate of drug-likeness (QED) is 0.711. The van der Waals surface area contributed by atoms with Gasteiger partial charge in [-0.1, -0.05) is 25.7 Å². The molecule has 2 N–H and O–H groups in total. The number of amides is 1. The Hall–Kier alpha value is -0.610. The van der Waals surface area contributed by atoms with Gasteiger partial charge >= 0.3 is 0 Å². The fourth-order valence-corrected chi connectivity index (χ4v) is 2.64. The number of likely N-dealkylation sites (N-methyl/N-ethyl adjacent to an activating group) is 1. The fraction of sp³-hybridized carbons (Fsp3) is 0.923. The second-order valence-corrected chi connectivity index (χ2v) is 5.48. The third-order valence-electron chi connectivity index (χ3n) is 4.00. The largest absolute Gasteiger partial charge is 0.352 e. The van der Waals surface area contributed by atoms with Crippen LogP contribution in [0.4, 0.5) is 0 Å². The predicted molar refractivity (Wildman–Crippen MR) is 68.9 cm³/mol. The van der Waals surface area contributed by atoms with E-state index in [2.05, 4.69) is 15.5 Å². The number of carbonyl (C=O) groups is 1. The molecular weight excluding hydrogens is 214 g/mol. The summed E-state index contributed by atoms with van der Waals surface area (Å²) < 4.78 is 0. The lowest BCUT2D eigenvalue weighted by Crippen LogP contribution is -2.57. The molecule has 0 aromatic heterocycles. The highest BCUT2D eigenvalue weighted by Crippen LogP contribution is 2.17. The van der Waals surface area contributed by atoms with Gasteiger partial charge in [-0.05, 0) is 19.9 Å². The normalized spacial score (nSPS) is 23.2. The Labute approximate surface area is 104 Å². The molecule has 0 atom stereocenters. The summed E-state index contributed by atoms with van der Waals surface area (Å²) in [5.41, 5.74) is 0. The van der Waals surface area contributed by atoms with Crippen molar-refractivity contribution in [2.24, 2.45) is 0 Å². The van der Waals surface area contributed by atoms with Crippen LogP contribution in [0.5, 0.6) is 0 Å². The Morgan fingerprint density at radius 1 is 1.24 bits per heavy atom. The molecule has 1 saturated carbocycles. The molecule has 0 bridgehead atoms. The molecule has 17 heavy (non-hydrogen) atoms. The Bertz CT molecular complexity index is 245. The SMILES string of the molecule is CN(CC(=O)NC1CCCCCC1)C1CNC1. The van der Waals surface area contributed by atoms with Gasteiger partial charge in [-0.25, -0.2) is 0 Å². The van der Waals surface area contributed by atoms with Gasteiger partial charge in [0, 0.05) is 25.2 Å². The van der Waals surface area contributed by atoms with Crippen LogP contribution in [-0.4, -0.2) is 49.6 Å². The standard InChI is InChI=1S/C13H25N3O/c1-16(12-8-14-9-12)10-13(17)15-11-6-4-2-3-5-7-11/h11-12,14H,2-10H2,1H3,(H,15,17). The minimum Gasteiger partial charge on any atom is -0.352 e. The van der Waals surface area contributed by atoms with E-state index in [0.717, 1.165) is 13.1 Å². The van der Waals surface area contributed by atoms with E-state index in [-0.39, 0.29) is 5.91 Å². The van der Waals surface area contributed by atoms with Crippen LogP contribution in [-0.2, 0) is 4.79 Å². The minimum absolute atomic E-state index is 0.200. The smallest absolute Gasteiger partial charge is 0.234 e. The van der Waals surface area contributed by atoms with E-state index in [1.807, 2.05) is 7.05 Å². The number of hydrogen-bond acceptors (Lipinski definition) is 3. The first-order valence-electron chi connectivity index (χ1n) is 6.96. The van der Waals surface area contributed by atoms with Gasteiger partial charge in [-0.3, -0.25) is 9.69 Å². The van der Waals surface area contributed by atoms with Crippen LogP contribution in [0, 0.1) is 0 Å². The van der Waals surface area contributed by atoms with Crippen LogP contribution in [0.25, 0.3) is 0 Å². The van der Waals surface area contributed by atoms with E-state index in [9.17, 15) is 4.79 Å². The van der Waals surface area contributed by atoms with Gasteiger partial charge in [0.2, 0.25) is 5.91 Å². The molecule has 1 amide bonds. The molecule has 1 aliphatic carbocycles. The molecule has 2 fully saturated rings. The molecule has 1 heterocycles. The second-order valence-electron chi connectivity index (χ2n) is 5.48. The van der Waals surface area contributed by atoms with E-state index in [1.54, 1.807) is 0 Å². The van der Waals surface area contributed by atoms with E-state index in [0.29, 0.717) is 18.6 Å². The lowest BCUT2D eigenvalue weighted by molar-refractivity contribution is -0.123. The van der Waals surface area contributed by atoms with Gasteiger partial charge < -0.3 is 10.6 Å². The molecule has 2 rings (SSSR count). The Kier molecular flexibility index (Phi) is 4.80. The summed E-state index contributed by atoms with van der Waals surface area (Å²) in [4.78, 5) is 14.1. The highest BCUT2D eigenvalue weighted by Gasteiger charge is 2.23. The second kappa shape index (κ2) is 6.36. The molecular formula is C13H25N3O. The first-order valence-corrected chi connectivity index (χ1v) is 6.96. The van der Waals surface area contributed by atoms with E-state index in [1.165, 1.54) is 38.5 Å². The van der Waals surface area contributed by atoms with E-state index >= 15 is 0 Å². The van der Waals surface area contributed by atoms with Crippen LogP contribution in [0.15, 0.2) is 0 Å². The van der Waals surface area contributed by atoms with E-state index in [4.69, 9.17) is 0 Å². The summed E-state index contributed by atoms with van der Waals surface area (Å²) in [7, 11) is 2.04. The van der Waals surface area contributed by atoms with Crippen molar-refractivity contribution in [2.45, 2.75) is 50.6 Å². The van der Waals surface area contributed by atoms with Crippen molar-refractivity contribution >= 4 is 5.91 Å². The van der Waals surface area contributed by atoms with Crippen molar-refractivity contribution in [3.8, 4) is 0 Å². The lowest BCUT2D eigenvalue weighted by Gasteiger charge is -2.35. The number of nitrogens with zero attached hydrogens (tertiary/aromatic N) is 1. The van der Waals surface area contributed by atoms with Gasteiger partial charge in [0.1, 0.15) is 0 Å². The van der Waals surface area contributed by atoms with Crippen LogP contribution < -0.4 is 10.6 Å². The third kappa shape index (κ3) is 3.96. The fourth-order valence-electron chi connectivity index (χ4n) is 2.64. The average Bonchev–Trinajstić information content (AvgIpc) is 2.42. The molecule has 1 aliphatic heterocycles. The molecule has 0 aromatic carbocycles. The van der Waals surface area contributed by atoms with Crippen molar-refractivity contribution in [3.63, 3.8) is 0 Å². The van der Waals surface area contributed by atoms with Crippen molar-refractivity contribution in [3.05, 3.63) is 0 Å². The van der Waals surface area contributed by atoms with Gasteiger partial charge in [0.25, 0.3) is 0 Å². The zero-order valence-electron chi connectivity index (χ0n) is 10.9. The lowest BCUT2D eigenvalue weighted by atomic mass is 10.1. The Morgan fingerprint density at radius 3 is 2.41 bits per heavy atom. The average molecular weight is 239 g/mol. The first kappa shape index (κ1) is 12.8. The monoisotopic (exact) mass is 239 g/mol. The number of carbonyl (C=O) groups excluding carboxylic acids is 1. The van der Waals surface area contributed by atoms with E-state index < -0.39 is 0 Å².